The van der Waals surface area contributed by atoms with Crippen LogP contribution in [0, 0.1) is 11.6 Å². The fourth-order valence-corrected chi connectivity index (χ4v) is 2.12. The van der Waals surface area contributed by atoms with Crippen molar-refractivity contribution >= 4 is 23.8 Å². The van der Waals surface area contributed by atoms with Gasteiger partial charge in [0.15, 0.2) is 0 Å². The van der Waals surface area contributed by atoms with Crippen LogP contribution in [0.2, 0.25) is 5.02 Å². The van der Waals surface area contributed by atoms with E-state index in [1.165, 1.54) is 0 Å². The Kier molecular flexibility index (Phi) is 3.79. The lowest BCUT2D eigenvalue weighted by Gasteiger charge is -2.18. The van der Waals surface area contributed by atoms with Gasteiger partial charge in [0, 0.05) is 16.1 Å². The lowest BCUT2D eigenvalue weighted by molar-refractivity contribution is 0.545. The first-order chi connectivity index (χ1) is 8.77. The first-order valence-corrected chi connectivity index (χ1v) is 6.94. The van der Waals surface area contributed by atoms with Crippen LogP contribution >= 0.6 is 23.8 Å². The fraction of sp³-hybridized carbons (Fsp3) is 0.333. The quantitative estimate of drug-likeness (QED) is 0.744. The van der Waals surface area contributed by atoms with E-state index in [1.54, 1.807) is 0 Å². The molecule has 100 valence electrons. The van der Waals surface area contributed by atoms with Gasteiger partial charge in [0.05, 0.1) is 0 Å². The summed E-state index contributed by atoms with van der Waals surface area (Å²) in [6.07, 6.45) is 0. The molecule has 4 heteroatoms. The third-order valence-corrected chi connectivity index (χ3v) is 3.55. The Balaban J connectivity index is 2.59. The summed E-state index contributed by atoms with van der Waals surface area (Å²) in [6, 6.07) is 7.86. The third-order valence-electron chi connectivity index (χ3n) is 2.94. The number of hydrogen-bond donors (Lipinski definition) is 1. The number of rotatable bonds is 1. The molecule has 1 aromatic carbocycles. The molecule has 0 radical (unpaired) electrons. The molecule has 1 N–H and O–H groups in total. The second-order valence-corrected chi connectivity index (χ2v) is 6.52. The normalized spacial score (nSPS) is 11.6. The number of nitrogens with one attached hydrogen (secondary N) is 1. The van der Waals surface area contributed by atoms with Crippen molar-refractivity contribution in [2.24, 2.45) is 0 Å². The second kappa shape index (κ2) is 5.06. The van der Waals surface area contributed by atoms with Crippen molar-refractivity contribution in [2.45, 2.75) is 33.1 Å². The van der Waals surface area contributed by atoms with E-state index < -0.39 is 0 Å². The Morgan fingerprint density at radius 1 is 1.21 bits per heavy atom. The van der Waals surface area contributed by atoms with Crippen LogP contribution < -0.4 is 0 Å². The SMILES string of the molecule is Cc1ccc(-c2cc(=S)nc(C(C)(C)C)[nH]2)cc1Cl. The van der Waals surface area contributed by atoms with Crippen LogP contribution in [-0.4, -0.2) is 9.97 Å². The molecule has 0 unspecified atom stereocenters. The van der Waals surface area contributed by atoms with Crippen molar-refractivity contribution in [2.75, 3.05) is 0 Å². The summed E-state index contributed by atoms with van der Waals surface area (Å²) in [5.74, 6) is 0.881. The highest BCUT2D eigenvalue weighted by Gasteiger charge is 2.17. The zero-order chi connectivity index (χ0) is 14.2. The van der Waals surface area contributed by atoms with E-state index in [4.69, 9.17) is 23.8 Å². The molecule has 1 aromatic heterocycles. The molecular weight excluding hydrogens is 276 g/mol. The molecule has 0 amide bonds. The molecule has 0 fully saturated rings. The topological polar surface area (TPSA) is 28.7 Å². The van der Waals surface area contributed by atoms with Crippen molar-refractivity contribution in [1.29, 1.82) is 0 Å². The number of H-pyrrole nitrogens is 1. The zero-order valence-corrected chi connectivity index (χ0v) is 13.1. The Hall–Kier alpha value is -1.19. The van der Waals surface area contributed by atoms with E-state index in [0.717, 1.165) is 27.7 Å². The lowest BCUT2D eigenvalue weighted by Crippen LogP contribution is -2.16. The van der Waals surface area contributed by atoms with Crippen LogP contribution in [0.15, 0.2) is 24.3 Å². The molecule has 0 aliphatic heterocycles. The molecule has 0 aliphatic carbocycles. The lowest BCUT2D eigenvalue weighted by atomic mass is 9.95. The molecule has 0 saturated carbocycles. The molecule has 0 bridgehead atoms. The number of aryl methyl sites for hydroxylation is 1. The number of aromatic amines is 1. The van der Waals surface area contributed by atoms with Gasteiger partial charge in [-0.1, -0.05) is 56.7 Å². The molecule has 1 heterocycles. The molecule has 0 aliphatic rings. The maximum atomic E-state index is 6.18. The number of halogens is 1. The van der Waals surface area contributed by atoms with E-state index in [2.05, 4.69) is 30.7 Å². The van der Waals surface area contributed by atoms with Gasteiger partial charge in [-0.2, -0.15) is 0 Å². The highest BCUT2D eigenvalue weighted by atomic mass is 35.5. The first kappa shape index (κ1) is 14.2. The van der Waals surface area contributed by atoms with Gasteiger partial charge in [0.2, 0.25) is 0 Å². The molecular formula is C15H17ClN2S. The minimum atomic E-state index is -0.0714. The summed E-state index contributed by atoms with van der Waals surface area (Å²) in [5, 5.41) is 0.755. The summed E-state index contributed by atoms with van der Waals surface area (Å²) in [7, 11) is 0. The van der Waals surface area contributed by atoms with Gasteiger partial charge in [-0.3, -0.25) is 0 Å². The summed E-state index contributed by atoms with van der Waals surface area (Å²) < 4.78 is 0.593. The van der Waals surface area contributed by atoms with E-state index >= 15 is 0 Å². The van der Waals surface area contributed by atoms with Crippen LogP contribution in [0.25, 0.3) is 11.3 Å². The third kappa shape index (κ3) is 3.23. The van der Waals surface area contributed by atoms with Gasteiger partial charge < -0.3 is 4.98 Å². The number of hydrogen-bond acceptors (Lipinski definition) is 2. The number of aromatic nitrogens is 2. The highest BCUT2D eigenvalue weighted by Crippen LogP contribution is 2.26. The van der Waals surface area contributed by atoms with Crippen LogP contribution in [0.3, 0.4) is 0 Å². The Morgan fingerprint density at radius 3 is 2.47 bits per heavy atom. The minimum Gasteiger partial charge on any atom is -0.343 e. The molecule has 2 aromatic rings. The Bertz CT molecular complexity index is 669. The fourth-order valence-electron chi connectivity index (χ4n) is 1.73. The summed E-state index contributed by atoms with van der Waals surface area (Å²) >= 11 is 11.4. The summed E-state index contributed by atoms with van der Waals surface area (Å²) in [6.45, 7) is 8.30. The van der Waals surface area contributed by atoms with Crippen molar-refractivity contribution in [3.05, 3.63) is 45.3 Å². The maximum Gasteiger partial charge on any atom is 0.130 e. The summed E-state index contributed by atoms with van der Waals surface area (Å²) in [4.78, 5) is 7.75. The smallest absolute Gasteiger partial charge is 0.130 e. The first-order valence-electron chi connectivity index (χ1n) is 6.16. The van der Waals surface area contributed by atoms with E-state index in [1.807, 2.05) is 31.2 Å². The van der Waals surface area contributed by atoms with E-state index in [-0.39, 0.29) is 5.41 Å². The largest absolute Gasteiger partial charge is 0.343 e. The minimum absolute atomic E-state index is 0.0714. The van der Waals surface area contributed by atoms with Crippen molar-refractivity contribution in [3.8, 4) is 11.3 Å². The van der Waals surface area contributed by atoms with Crippen LogP contribution in [0.1, 0.15) is 32.2 Å². The van der Waals surface area contributed by atoms with Gasteiger partial charge in [-0.25, -0.2) is 4.98 Å². The van der Waals surface area contributed by atoms with Gasteiger partial charge in [-0.05, 0) is 30.2 Å². The van der Waals surface area contributed by atoms with Crippen molar-refractivity contribution in [3.63, 3.8) is 0 Å². The van der Waals surface area contributed by atoms with E-state index in [0.29, 0.717) is 4.64 Å². The predicted octanol–water partition coefficient (Wildman–Crippen LogP) is 5.07. The molecule has 2 nitrogen and oxygen atoms in total. The Labute approximate surface area is 123 Å². The van der Waals surface area contributed by atoms with Gasteiger partial charge >= 0.3 is 0 Å². The predicted molar refractivity (Wildman–Crippen MR) is 83.3 cm³/mol. The maximum absolute atomic E-state index is 6.18. The molecule has 0 atom stereocenters. The number of nitrogens with zero attached hydrogens (tertiary/aromatic N) is 1. The van der Waals surface area contributed by atoms with E-state index in [9.17, 15) is 0 Å². The average molecular weight is 293 g/mol. The zero-order valence-electron chi connectivity index (χ0n) is 11.5. The van der Waals surface area contributed by atoms with Crippen molar-refractivity contribution < 1.29 is 0 Å². The summed E-state index contributed by atoms with van der Waals surface area (Å²) in [5.41, 5.74) is 2.97. The molecule has 0 saturated heterocycles. The van der Waals surface area contributed by atoms with Gasteiger partial charge in [-0.15, -0.1) is 0 Å². The highest BCUT2D eigenvalue weighted by molar-refractivity contribution is 7.71. The Morgan fingerprint density at radius 2 is 1.89 bits per heavy atom. The second-order valence-electron chi connectivity index (χ2n) is 5.70. The number of benzene rings is 1. The van der Waals surface area contributed by atoms with Crippen LogP contribution in [-0.2, 0) is 5.41 Å². The van der Waals surface area contributed by atoms with Crippen molar-refractivity contribution in [1.82, 2.24) is 9.97 Å². The molecule has 19 heavy (non-hydrogen) atoms. The molecule has 2 rings (SSSR count). The van der Waals surface area contributed by atoms with Gasteiger partial charge in [0.25, 0.3) is 0 Å². The van der Waals surface area contributed by atoms with Crippen LogP contribution in [0.4, 0.5) is 0 Å². The van der Waals surface area contributed by atoms with Crippen LogP contribution in [0.5, 0.6) is 0 Å². The monoisotopic (exact) mass is 292 g/mol. The average Bonchev–Trinajstić information content (AvgIpc) is 2.31. The van der Waals surface area contributed by atoms with Gasteiger partial charge in [0.1, 0.15) is 10.5 Å². The molecule has 0 spiro atoms. The standard InChI is InChI=1S/C15H17ClN2S/c1-9-5-6-10(7-11(9)16)12-8-13(19)18-14(17-12)15(2,3)4/h5-8H,1-4H3,(H,17,18,19).